The average molecular weight is 505 g/mol. The molecule has 172 valence electrons. The smallest absolute Gasteiger partial charge is 0.266 e. The molecule has 0 spiro atoms. The van der Waals surface area contributed by atoms with Crippen LogP contribution in [0.3, 0.4) is 0 Å². The van der Waals surface area contributed by atoms with Crippen LogP contribution in [0.5, 0.6) is 5.75 Å². The van der Waals surface area contributed by atoms with Gasteiger partial charge in [-0.3, -0.25) is 9.69 Å². The third-order valence-electron chi connectivity index (χ3n) is 5.12. The molecule has 0 atom stereocenters. The lowest BCUT2D eigenvalue weighted by atomic mass is 10.1. The van der Waals surface area contributed by atoms with Crippen LogP contribution in [0.4, 0.5) is 5.13 Å². The number of aromatic nitrogens is 2. The second-order valence-electron chi connectivity index (χ2n) is 7.63. The van der Waals surface area contributed by atoms with Crippen LogP contribution in [0.15, 0.2) is 40.9 Å². The molecule has 0 bridgehead atoms. The summed E-state index contributed by atoms with van der Waals surface area (Å²) in [5.74, 6) is 0.719. The molecule has 4 aromatic rings. The molecule has 0 fully saturated rings. The number of amides is 1. The molecule has 0 saturated carbocycles. The fourth-order valence-corrected chi connectivity index (χ4v) is 4.91. The predicted octanol–water partition coefficient (Wildman–Crippen LogP) is 5.78. The van der Waals surface area contributed by atoms with E-state index in [1.165, 1.54) is 11.3 Å². The Morgan fingerprint density at radius 3 is 2.58 bits per heavy atom. The van der Waals surface area contributed by atoms with Gasteiger partial charge in [0.2, 0.25) is 0 Å². The van der Waals surface area contributed by atoms with Crippen molar-refractivity contribution in [3.8, 4) is 17.0 Å². The van der Waals surface area contributed by atoms with Crippen LogP contribution in [-0.4, -0.2) is 55.2 Å². The van der Waals surface area contributed by atoms with Crippen molar-refractivity contribution in [3.05, 3.63) is 57.8 Å². The zero-order valence-corrected chi connectivity index (χ0v) is 20.9. The van der Waals surface area contributed by atoms with Gasteiger partial charge in [0, 0.05) is 18.7 Å². The highest BCUT2D eigenvalue weighted by molar-refractivity contribution is 7.23. The Kier molecular flexibility index (Phi) is 6.90. The zero-order valence-electron chi connectivity index (χ0n) is 18.6. The van der Waals surface area contributed by atoms with Crippen LogP contribution < -0.4 is 9.64 Å². The first-order valence-corrected chi connectivity index (χ1v) is 11.7. The summed E-state index contributed by atoms with van der Waals surface area (Å²) in [5, 5.41) is 5.69. The first kappa shape index (κ1) is 23.5. The van der Waals surface area contributed by atoms with Gasteiger partial charge in [-0.05, 0) is 39.2 Å². The first-order valence-electron chi connectivity index (χ1n) is 10.1. The summed E-state index contributed by atoms with van der Waals surface area (Å²) in [5.41, 5.74) is 1.98. The van der Waals surface area contributed by atoms with Gasteiger partial charge < -0.3 is 14.2 Å². The van der Waals surface area contributed by atoms with Crippen LogP contribution in [0.1, 0.15) is 16.1 Å². The predicted molar refractivity (Wildman–Crippen MR) is 133 cm³/mol. The summed E-state index contributed by atoms with van der Waals surface area (Å²) in [6.07, 6.45) is 0. The van der Waals surface area contributed by atoms with Gasteiger partial charge in [0.05, 0.1) is 21.9 Å². The van der Waals surface area contributed by atoms with Gasteiger partial charge in [-0.15, -0.1) is 0 Å². The number of likely N-dealkylation sites (N-methyl/N-ethyl adjacent to an activating group) is 1. The van der Waals surface area contributed by atoms with E-state index in [0.29, 0.717) is 62.1 Å². The molecule has 7 nitrogen and oxygen atoms in total. The summed E-state index contributed by atoms with van der Waals surface area (Å²) >= 11 is 14.2. The van der Waals surface area contributed by atoms with Crippen molar-refractivity contribution in [2.45, 2.75) is 6.92 Å². The highest BCUT2D eigenvalue weighted by atomic mass is 35.5. The zero-order chi connectivity index (χ0) is 23.7. The molecule has 33 heavy (non-hydrogen) atoms. The molecular formula is C23H22Cl2N4O3S. The fourth-order valence-electron chi connectivity index (χ4n) is 3.40. The Morgan fingerprint density at radius 1 is 1.12 bits per heavy atom. The summed E-state index contributed by atoms with van der Waals surface area (Å²) in [6, 6.07) is 10.7. The number of hydrogen-bond acceptors (Lipinski definition) is 7. The first-order chi connectivity index (χ1) is 15.8. The number of methoxy groups -OCH3 is 1. The molecule has 0 unspecified atom stereocenters. The van der Waals surface area contributed by atoms with Gasteiger partial charge in [-0.1, -0.05) is 57.9 Å². The summed E-state index contributed by atoms with van der Waals surface area (Å²) in [6.45, 7) is 2.74. The largest absolute Gasteiger partial charge is 0.494 e. The summed E-state index contributed by atoms with van der Waals surface area (Å²) in [7, 11) is 5.47. The van der Waals surface area contributed by atoms with Crippen molar-refractivity contribution in [2.75, 3.05) is 39.2 Å². The standard InChI is InChI=1S/C23H22Cl2N4O3S/c1-13-18(19(27-32-13)14-7-5-6-8-15(14)24)22(30)29(12-11-28(2)3)23-26-20-17(31-4)10-9-16(25)21(20)33-23/h5-10H,11-12H2,1-4H3. The lowest BCUT2D eigenvalue weighted by molar-refractivity contribution is 0.0984. The highest BCUT2D eigenvalue weighted by Crippen LogP contribution is 2.40. The number of aryl methyl sites for hydroxylation is 1. The molecule has 10 heteroatoms. The molecule has 0 aliphatic carbocycles. The lowest BCUT2D eigenvalue weighted by Crippen LogP contribution is -2.37. The minimum Gasteiger partial charge on any atom is -0.494 e. The summed E-state index contributed by atoms with van der Waals surface area (Å²) < 4.78 is 11.6. The normalized spacial score (nSPS) is 11.4. The third-order valence-corrected chi connectivity index (χ3v) is 6.99. The maximum Gasteiger partial charge on any atom is 0.266 e. The quantitative estimate of drug-likeness (QED) is 0.317. The van der Waals surface area contributed by atoms with Crippen molar-refractivity contribution in [2.24, 2.45) is 0 Å². The number of fused-ring (bicyclic) bond motifs is 1. The number of thiazole rings is 1. The number of carbonyl (C=O) groups is 1. The Bertz CT molecular complexity index is 1320. The second kappa shape index (κ2) is 9.69. The molecule has 2 aromatic heterocycles. The van der Waals surface area contributed by atoms with Gasteiger partial charge in [-0.2, -0.15) is 0 Å². The second-order valence-corrected chi connectivity index (χ2v) is 9.42. The number of hydrogen-bond donors (Lipinski definition) is 0. The van der Waals surface area contributed by atoms with E-state index in [4.69, 9.17) is 37.4 Å². The van der Waals surface area contributed by atoms with E-state index in [1.54, 1.807) is 37.1 Å². The number of rotatable bonds is 7. The van der Waals surface area contributed by atoms with Crippen LogP contribution in [-0.2, 0) is 0 Å². The van der Waals surface area contributed by atoms with Crippen molar-refractivity contribution >= 4 is 55.8 Å². The van der Waals surface area contributed by atoms with E-state index in [9.17, 15) is 4.79 Å². The van der Waals surface area contributed by atoms with Crippen LogP contribution in [0.2, 0.25) is 10.0 Å². The van der Waals surface area contributed by atoms with Gasteiger partial charge in [0.1, 0.15) is 28.3 Å². The van der Waals surface area contributed by atoms with Crippen molar-refractivity contribution < 1.29 is 14.1 Å². The number of ether oxygens (including phenoxy) is 1. The van der Waals surface area contributed by atoms with Gasteiger partial charge in [0.25, 0.3) is 5.91 Å². The third kappa shape index (κ3) is 4.56. The number of benzene rings is 2. The monoisotopic (exact) mass is 504 g/mol. The van der Waals surface area contributed by atoms with Gasteiger partial charge in [-0.25, -0.2) is 4.98 Å². The SMILES string of the molecule is COc1ccc(Cl)c2sc(N(CCN(C)C)C(=O)c3c(-c4ccccc4Cl)noc3C)nc12. The maximum atomic E-state index is 13.9. The van der Waals surface area contributed by atoms with Crippen LogP contribution in [0.25, 0.3) is 21.5 Å². The van der Waals surface area contributed by atoms with Crippen molar-refractivity contribution in [1.29, 1.82) is 0 Å². The molecule has 0 aliphatic rings. The molecule has 1 amide bonds. The molecule has 0 N–H and O–H groups in total. The average Bonchev–Trinajstić information content (AvgIpc) is 3.39. The number of anilines is 1. The van der Waals surface area contributed by atoms with E-state index in [2.05, 4.69) is 5.16 Å². The summed E-state index contributed by atoms with van der Waals surface area (Å²) in [4.78, 5) is 22.3. The van der Waals surface area contributed by atoms with E-state index in [1.807, 2.05) is 37.2 Å². The van der Waals surface area contributed by atoms with E-state index >= 15 is 0 Å². The van der Waals surface area contributed by atoms with Crippen molar-refractivity contribution in [3.63, 3.8) is 0 Å². The van der Waals surface area contributed by atoms with Crippen LogP contribution in [0, 0.1) is 6.92 Å². The van der Waals surface area contributed by atoms with E-state index in [0.717, 1.165) is 4.70 Å². The molecule has 0 saturated heterocycles. The molecule has 4 rings (SSSR count). The van der Waals surface area contributed by atoms with Crippen LogP contribution >= 0.6 is 34.5 Å². The fraction of sp³-hybridized carbons (Fsp3) is 0.261. The Labute approximate surface area is 205 Å². The lowest BCUT2D eigenvalue weighted by Gasteiger charge is -2.22. The molecular weight excluding hydrogens is 483 g/mol. The number of nitrogens with zero attached hydrogens (tertiary/aromatic N) is 4. The molecule has 2 heterocycles. The Hall–Kier alpha value is -2.65. The topological polar surface area (TPSA) is 71.7 Å². The maximum absolute atomic E-state index is 13.9. The molecule has 0 aliphatic heterocycles. The molecule has 0 radical (unpaired) electrons. The Morgan fingerprint density at radius 2 is 1.88 bits per heavy atom. The van der Waals surface area contributed by atoms with E-state index in [-0.39, 0.29) is 5.91 Å². The molecule has 2 aromatic carbocycles. The Balaban J connectivity index is 1.84. The van der Waals surface area contributed by atoms with Gasteiger partial charge >= 0.3 is 0 Å². The van der Waals surface area contributed by atoms with E-state index < -0.39 is 0 Å². The minimum atomic E-state index is -0.278. The number of halogens is 2. The number of carbonyl (C=O) groups excluding carboxylic acids is 1. The van der Waals surface area contributed by atoms with Gasteiger partial charge in [0.15, 0.2) is 5.13 Å². The minimum absolute atomic E-state index is 0.278. The van der Waals surface area contributed by atoms with Crippen molar-refractivity contribution in [1.82, 2.24) is 15.0 Å². The highest BCUT2D eigenvalue weighted by Gasteiger charge is 2.30.